The lowest BCUT2D eigenvalue weighted by Crippen LogP contribution is -2.44. The van der Waals surface area contributed by atoms with Crippen LogP contribution in [0.1, 0.15) is 23.6 Å². The Morgan fingerprint density at radius 2 is 1.37 bits per heavy atom. The molecule has 3 aromatic carbocycles. The fourth-order valence-corrected chi connectivity index (χ4v) is 5.40. The second-order valence-corrected chi connectivity index (χ2v) is 10.3. The molecule has 4 rings (SSSR count). The van der Waals surface area contributed by atoms with Gasteiger partial charge in [0.25, 0.3) is 0 Å². The van der Waals surface area contributed by atoms with E-state index in [0.717, 1.165) is 11.3 Å². The molecule has 2 unspecified atom stereocenters. The average Bonchev–Trinajstić information content (AvgIpc) is 3.13. The molecule has 220 valence electrons. The highest BCUT2D eigenvalue weighted by molar-refractivity contribution is 6.22. The van der Waals surface area contributed by atoms with E-state index in [-0.39, 0.29) is 18.9 Å². The predicted octanol–water partition coefficient (Wildman–Crippen LogP) is 7.10. The van der Waals surface area contributed by atoms with Crippen LogP contribution in [0.15, 0.2) is 84.0 Å². The van der Waals surface area contributed by atoms with Gasteiger partial charge in [0.2, 0.25) is 0 Å². The first kappa shape index (κ1) is 30.5. The first-order chi connectivity index (χ1) is 19.3. The van der Waals surface area contributed by atoms with E-state index in [9.17, 15) is 26.3 Å². The molecule has 1 N–H and O–H groups in total. The first-order valence-corrected chi connectivity index (χ1v) is 13.1. The molecule has 2 atom stereocenters. The lowest BCUT2D eigenvalue weighted by atomic mass is 9.70. The normalized spacial score (nSPS) is 17.9. The monoisotopic (exact) mass is 599 g/mol. The molecule has 3 aromatic rings. The second kappa shape index (κ2) is 12.2. The van der Waals surface area contributed by atoms with Gasteiger partial charge in [-0.2, -0.15) is 5.10 Å². The van der Waals surface area contributed by atoms with E-state index < -0.39 is 35.1 Å². The number of hydrazone groups is 1. The number of ether oxygens (including phenoxy) is 2. The minimum atomic E-state index is -4.93. The van der Waals surface area contributed by atoms with Gasteiger partial charge in [0.1, 0.15) is 17.0 Å². The minimum Gasteiger partial charge on any atom is -0.406 e. The van der Waals surface area contributed by atoms with E-state index in [2.05, 4.69) is 19.9 Å². The molecule has 5 nitrogen and oxygen atoms in total. The summed E-state index contributed by atoms with van der Waals surface area (Å²) in [5.41, 5.74) is 0.835. The summed E-state index contributed by atoms with van der Waals surface area (Å²) in [6.07, 6.45) is -9.63. The third-order valence-corrected chi connectivity index (χ3v) is 7.51. The summed E-state index contributed by atoms with van der Waals surface area (Å²) < 4.78 is 87.3. The predicted molar refractivity (Wildman–Crippen MR) is 144 cm³/mol. The van der Waals surface area contributed by atoms with Gasteiger partial charge in [-0.05, 0) is 54.3 Å². The molecule has 1 aliphatic rings. The number of hydrogen-bond donors (Lipinski definition) is 1. The van der Waals surface area contributed by atoms with Crippen LogP contribution in [-0.4, -0.2) is 49.1 Å². The lowest BCUT2D eigenvalue weighted by Gasteiger charge is -2.37. The Labute approximate surface area is 238 Å². The van der Waals surface area contributed by atoms with Crippen LogP contribution in [0.5, 0.6) is 11.5 Å². The number of benzene rings is 3. The summed E-state index contributed by atoms with van der Waals surface area (Å²) in [5.74, 6) is -1.07. The van der Waals surface area contributed by atoms with Gasteiger partial charge in [-0.25, -0.2) is 0 Å². The molecule has 0 saturated carbocycles. The van der Waals surface area contributed by atoms with Crippen LogP contribution in [0.4, 0.5) is 26.3 Å². The van der Waals surface area contributed by atoms with Crippen molar-refractivity contribution in [2.75, 3.05) is 20.1 Å². The molecule has 0 aliphatic carbocycles. The van der Waals surface area contributed by atoms with E-state index in [1.54, 1.807) is 24.2 Å². The number of alkyl halides is 7. The number of nitrogens with one attached hydrogen (secondary N) is 1. The van der Waals surface area contributed by atoms with Crippen LogP contribution < -0.4 is 14.8 Å². The van der Waals surface area contributed by atoms with Crippen molar-refractivity contribution in [1.82, 2.24) is 10.3 Å². The number of hydrogen-bond acceptors (Lipinski definition) is 5. The molecule has 41 heavy (non-hydrogen) atoms. The molecule has 1 aliphatic heterocycles. The van der Waals surface area contributed by atoms with Crippen LogP contribution in [-0.2, 0) is 11.8 Å². The topological polar surface area (TPSA) is 46.1 Å². The summed E-state index contributed by atoms with van der Waals surface area (Å²) >= 11 is 6.53. The van der Waals surface area contributed by atoms with Crippen molar-refractivity contribution < 1.29 is 35.8 Å². The maximum atomic E-state index is 13.1. The van der Waals surface area contributed by atoms with Gasteiger partial charge >= 0.3 is 12.7 Å². The van der Waals surface area contributed by atoms with Gasteiger partial charge < -0.3 is 14.8 Å². The van der Waals surface area contributed by atoms with E-state index in [0.29, 0.717) is 17.7 Å². The molecule has 0 bridgehead atoms. The number of nitrogens with zero attached hydrogens (tertiary/aromatic N) is 2. The van der Waals surface area contributed by atoms with Gasteiger partial charge in [-0.15, -0.1) is 26.3 Å². The molecule has 0 fully saturated rings. The van der Waals surface area contributed by atoms with Gasteiger partial charge in [0, 0.05) is 37.2 Å². The molecular weight excluding hydrogens is 572 g/mol. The smallest absolute Gasteiger partial charge is 0.406 e. The SMILES string of the molecule is CC1=NN(C)C(Cl)C1CNCC(Cc1ccccc1)(c1cccc(OC(F)(F)F)c1)c1cccc(OC(F)(F)F)c1. The average molecular weight is 600 g/mol. The Balaban J connectivity index is 1.82. The second-order valence-electron chi connectivity index (χ2n) is 9.82. The quantitative estimate of drug-likeness (QED) is 0.153. The van der Waals surface area contributed by atoms with Gasteiger partial charge in [0.05, 0.1) is 0 Å². The summed E-state index contributed by atoms with van der Waals surface area (Å²) in [7, 11) is 1.75. The zero-order valence-corrected chi connectivity index (χ0v) is 22.9. The van der Waals surface area contributed by atoms with Crippen molar-refractivity contribution in [3.8, 4) is 11.5 Å². The fraction of sp³-hybridized carbons (Fsp3) is 0.345. The molecule has 0 radical (unpaired) electrons. The van der Waals surface area contributed by atoms with Gasteiger partial charge in [-0.1, -0.05) is 66.2 Å². The van der Waals surface area contributed by atoms with Crippen molar-refractivity contribution in [3.63, 3.8) is 0 Å². The van der Waals surface area contributed by atoms with E-state index >= 15 is 0 Å². The zero-order valence-electron chi connectivity index (χ0n) is 22.1. The molecule has 0 spiro atoms. The molecule has 12 heteroatoms. The van der Waals surface area contributed by atoms with Crippen LogP contribution in [0.3, 0.4) is 0 Å². The van der Waals surface area contributed by atoms with Crippen molar-refractivity contribution in [2.24, 2.45) is 11.0 Å². The molecular formula is C29H28ClF6N3O2. The third kappa shape index (κ3) is 7.85. The van der Waals surface area contributed by atoms with E-state index in [1.807, 2.05) is 37.3 Å². The Hall–Kier alpha value is -3.44. The number of halogens is 7. The summed E-state index contributed by atoms with van der Waals surface area (Å²) in [6, 6.07) is 20.1. The Bertz CT molecular complexity index is 1290. The Morgan fingerprint density at radius 1 is 0.829 bits per heavy atom. The van der Waals surface area contributed by atoms with Crippen LogP contribution in [0.25, 0.3) is 0 Å². The number of rotatable bonds is 10. The van der Waals surface area contributed by atoms with Crippen LogP contribution in [0.2, 0.25) is 0 Å². The van der Waals surface area contributed by atoms with Crippen LogP contribution in [0, 0.1) is 5.92 Å². The highest BCUT2D eigenvalue weighted by atomic mass is 35.5. The lowest BCUT2D eigenvalue weighted by molar-refractivity contribution is -0.275. The van der Waals surface area contributed by atoms with Crippen molar-refractivity contribution in [2.45, 2.75) is 37.0 Å². The van der Waals surface area contributed by atoms with Gasteiger partial charge in [0.15, 0.2) is 0 Å². The van der Waals surface area contributed by atoms with Crippen molar-refractivity contribution >= 4 is 17.3 Å². The van der Waals surface area contributed by atoms with E-state index in [1.165, 1.54) is 36.4 Å². The maximum Gasteiger partial charge on any atom is 0.573 e. The van der Waals surface area contributed by atoms with Crippen molar-refractivity contribution in [3.05, 3.63) is 95.6 Å². The maximum absolute atomic E-state index is 13.1. The summed E-state index contributed by atoms with van der Waals surface area (Å²) in [6.45, 7) is 2.34. The summed E-state index contributed by atoms with van der Waals surface area (Å²) in [4.78, 5) is 0. The van der Waals surface area contributed by atoms with Crippen molar-refractivity contribution in [1.29, 1.82) is 0 Å². The fourth-order valence-electron chi connectivity index (χ4n) is 5.09. The Morgan fingerprint density at radius 3 is 1.83 bits per heavy atom. The molecule has 1 heterocycles. The van der Waals surface area contributed by atoms with Crippen LogP contribution >= 0.6 is 11.6 Å². The molecule has 0 aromatic heterocycles. The Kier molecular flexibility index (Phi) is 9.08. The highest BCUT2D eigenvalue weighted by Crippen LogP contribution is 2.40. The minimum absolute atomic E-state index is 0.129. The first-order valence-electron chi connectivity index (χ1n) is 12.6. The van der Waals surface area contributed by atoms with E-state index in [4.69, 9.17) is 11.6 Å². The highest BCUT2D eigenvalue weighted by Gasteiger charge is 2.39. The molecule has 0 amide bonds. The van der Waals surface area contributed by atoms with Gasteiger partial charge in [-0.3, -0.25) is 5.01 Å². The standard InChI is InChI=1S/C29H28ClF6N3O2/c1-19-25(26(30)39(2)38-19)17-37-18-27(16-20-8-4-3-5-9-20,21-10-6-12-23(14-21)40-28(31,32)33)22-11-7-13-24(15-22)41-29(34,35)36/h3-15,25-26,37H,16-18H2,1-2H3. The zero-order chi connectivity index (χ0) is 29.8. The molecule has 0 saturated heterocycles. The largest absolute Gasteiger partial charge is 0.573 e. The third-order valence-electron chi connectivity index (χ3n) is 6.92. The summed E-state index contributed by atoms with van der Waals surface area (Å²) in [5, 5.41) is 9.39.